The summed E-state index contributed by atoms with van der Waals surface area (Å²) in [6.45, 7) is 9.15. The molecule has 4 rings (SSSR count). The molecule has 150 valence electrons. The van der Waals surface area contributed by atoms with E-state index in [1.807, 2.05) is 13.8 Å². The third kappa shape index (κ3) is 2.14. The lowest BCUT2D eigenvalue weighted by Gasteiger charge is -2.58. The van der Waals surface area contributed by atoms with Gasteiger partial charge in [-0.05, 0) is 48.2 Å². The average molecular weight is 386 g/mol. The number of hydrogen-bond donors (Lipinski definition) is 0. The maximum Gasteiger partial charge on any atom is 0.316 e. The first kappa shape index (κ1) is 19.1. The zero-order valence-electron chi connectivity index (χ0n) is 16.5. The maximum atomic E-state index is 13.3. The first-order valence-electron chi connectivity index (χ1n) is 9.83. The van der Waals surface area contributed by atoms with Crippen LogP contribution in [0.4, 0.5) is 0 Å². The van der Waals surface area contributed by atoms with Gasteiger partial charge in [-0.15, -0.1) is 0 Å². The van der Waals surface area contributed by atoms with E-state index in [0.29, 0.717) is 18.4 Å². The van der Waals surface area contributed by atoms with Crippen LogP contribution in [0.15, 0.2) is 24.3 Å². The van der Waals surface area contributed by atoms with Crippen LogP contribution in [0.25, 0.3) is 0 Å². The Labute approximate surface area is 164 Å². The summed E-state index contributed by atoms with van der Waals surface area (Å²) in [6.07, 6.45) is 5.11. The van der Waals surface area contributed by atoms with E-state index >= 15 is 0 Å². The number of aldehydes is 1. The fourth-order valence-electron chi connectivity index (χ4n) is 6.46. The van der Waals surface area contributed by atoms with Crippen molar-refractivity contribution in [2.45, 2.75) is 46.1 Å². The van der Waals surface area contributed by atoms with Crippen molar-refractivity contribution in [2.75, 3.05) is 6.61 Å². The molecule has 0 aromatic rings. The predicted octanol–water partition coefficient (Wildman–Crippen LogP) is 2.41. The van der Waals surface area contributed by atoms with Gasteiger partial charge in [0.2, 0.25) is 0 Å². The molecule has 1 aliphatic heterocycles. The van der Waals surface area contributed by atoms with Crippen LogP contribution in [-0.4, -0.2) is 36.7 Å². The molecule has 0 aromatic carbocycles. The topological polar surface area (TPSA) is 86.7 Å². The Morgan fingerprint density at radius 3 is 2.64 bits per heavy atom. The fraction of sp³-hybridized carbons (Fsp3) is 0.636. The molecule has 0 amide bonds. The number of esters is 2. The Hall–Kier alpha value is -2.24. The van der Waals surface area contributed by atoms with Crippen molar-refractivity contribution >= 4 is 24.0 Å². The summed E-state index contributed by atoms with van der Waals surface area (Å²) >= 11 is 0. The number of fused-ring (bicyclic) bond motifs is 2. The van der Waals surface area contributed by atoms with Crippen molar-refractivity contribution in [2.24, 2.45) is 34.0 Å². The second kappa shape index (κ2) is 5.88. The van der Waals surface area contributed by atoms with Gasteiger partial charge in [0.15, 0.2) is 5.78 Å². The van der Waals surface area contributed by atoms with E-state index in [2.05, 4.69) is 6.58 Å². The lowest BCUT2D eigenvalue weighted by atomic mass is 9.46. The van der Waals surface area contributed by atoms with Gasteiger partial charge in [0, 0.05) is 12.8 Å². The van der Waals surface area contributed by atoms with Crippen LogP contribution >= 0.6 is 0 Å². The molecule has 2 spiro atoms. The first-order valence-corrected chi connectivity index (χ1v) is 9.83. The number of ketones is 1. The molecule has 3 aliphatic carbocycles. The smallest absolute Gasteiger partial charge is 0.316 e. The molecule has 2 saturated carbocycles. The zero-order chi connectivity index (χ0) is 20.5. The Balaban J connectivity index is 1.92. The van der Waals surface area contributed by atoms with Gasteiger partial charge in [0.25, 0.3) is 0 Å². The van der Waals surface area contributed by atoms with E-state index in [-0.39, 0.29) is 18.3 Å². The standard InChI is InChI=1S/C22H26O6/c1-12-14-5-6-15-21(9-14,18(12)28-13(2)24)19(26)27-11-22(15)16(10-23)20(3,4)8-7-17(22)25/h7-8,10,14-16,18H,1,5-6,9,11H2,2-4H3/t14-,15+,16+,18+,21+,22-/m0/s1. The quantitative estimate of drug-likeness (QED) is 0.411. The molecule has 6 atom stereocenters. The molecular weight excluding hydrogens is 360 g/mol. The molecule has 3 fully saturated rings. The largest absolute Gasteiger partial charge is 0.464 e. The van der Waals surface area contributed by atoms with E-state index in [0.717, 1.165) is 12.7 Å². The summed E-state index contributed by atoms with van der Waals surface area (Å²) in [6, 6.07) is 0. The molecule has 1 saturated heterocycles. The lowest BCUT2D eigenvalue weighted by molar-refractivity contribution is -0.214. The van der Waals surface area contributed by atoms with Crippen molar-refractivity contribution in [1.82, 2.24) is 0 Å². The highest BCUT2D eigenvalue weighted by atomic mass is 16.6. The summed E-state index contributed by atoms with van der Waals surface area (Å²) in [5.41, 5.74) is -2.12. The van der Waals surface area contributed by atoms with Gasteiger partial charge >= 0.3 is 11.9 Å². The van der Waals surface area contributed by atoms with E-state index in [4.69, 9.17) is 9.47 Å². The second-order valence-corrected chi connectivity index (χ2v) is 9.38. The molecule has 28 heavy (non-hydrogen) atoms. The number of carbonyl (C=O) groups excluding carboxylic acids is 4. The fourth-order valence-corrected chi connectivity index (χ4v) is 6.46. The van der Waals surface area contributed by atoms with Crippen molar-refractivity contribution in [1.29, 1.82) is 0 Å². The Kier molecular flexibility index (Phi) is 4.01. The highest BCUT2D eigenvalue weighted by Gasteiger charge is 2.74. The summed E-state index contributed by atoms with van der Waals surface area (Å²) in [4.78, 5) is 50.5. The second-order valence-electron chi connectivity index (χ2n) is 9.38. The molecule has 4 aliphatic rings. The maximum absolute atomic E-state index is 13.3. The Bertz CT molecular complexity index is 823. The minimum absolute atomic E-state index is 0.0419. The lowest BCUT2D eigenvalue weighted by Crippen LogP contribution is -2.66. The van der Waals surface area contributed by atoms with Gasteiger partial charge in [-0.1, -0.05) is 26.5 Å². The molecule has 0 radical (unpaired) electrons. The van der Waals surface area contributed by atoms with E-state index in [9.17, 15) is 19.2 Å². The third-order valence-electron chi connectivity index (χ3n) is 7.68. The van der Waals surface area contributed by atoms with Crippen LogP contribution in [0.2, 0.25) is 0 Å². The van der Waals surface area contributed by atoms with Gasteiger partial charge in [-0.3, -0.25) is 14.4 Å². The van der Waals surface area contributed by atoms with Gasteiger partial charge in [0.05, 0.1) is 5.41 Å². The Morgan fingerprint density at radius 2 is 2.00 bits per heavy atom. The van der Waals surface area contributed by atoms with Crippen molar-refractivity contribution in [3.63, 3.8) is 0 Å². The summed E-state index contributed by atoms with van der Waals surface area (Å²) in [5, 5.41) is 0. The normalized spacial score (nSPS) is 43.5. The van der Waals surface area contributed by atoms with Gasteiger partial charge < -0.3 is 14.3 Å². The molecule has 0 aromatic heterocycles. The highest BCUT2D eigenvalue weighted by molar-refractivity contribution is 6.00. The van der Waals surface area contributed by atoms with Gasteiger partial charge in [-0.25, -0.2) is 0 Å². The minimum atomic E-state index is -1.15. The molecule has 6 nitrogen and oxygen atoms in total. The summed E-state index contributed by atoms with van der Waals surface area (Å²) < 4.78 is 11.2. The van der Waals surface area contributed by atoms with E-state index < -0.39 is 46.1 Å². The van der Waals surface area contributed by atoms with Crippen LogP contribution in [0.3, 0.4) is 0 Å². The van der Waals surface area contributed by atoms with Crippen LogP contribution in [0, 0.1) is 34.0 Å². The summed E-state index contributed by atoms with van der Waals surface area (Å²) in [5.74, 6) is -2.15. The molecule has 2 bridgehead atoms. The van der Waals surface area contributed by atoms with E-state index in [1.54, 1.807) is 6.08 Å². The van der Waals surface area contributed by atoms with Crippen molar-refractivity contribution < 1.29 is 28.7 Å². The number of allylic oxidation sites excluding steroid dienone is 2. The van der Waals surface area contributed by atoms with Crippen molar-refractivity contribution in [3.05, 3.63) is 24.3 Å². The van der Waals surface area contributed by atoms with Crippen LogP contribution in [0.5, 0.6) is 0 Å². The molecule has 0 N–H and O–H groups in total. The van der Waals surface area contributed by atoms with Crippen molar-refractivity contribution in [3.8, 4) is 0 Å². The van der Waals surface area contributed by atoms with Crippen LogP contribution in [-0.2, 0) is 28.7 Å². The number of cyclic esters (lactones) is 1. The first-order chi connectivity index (χ1) is 13.1. The Morgan fingerprint density at radius 1 is 1.29 bits per heavy atom. The third-order valence-corrected chi connectivity index (χ3v) is 7.68. The van der Waals surface area contributed by atoms with E-state index in [1.165, 1.54) is 13.0 Å². The minimum Gasteiger partial charge on any atom is -0.464 e. The SMILES string of the molecule is C=C1[C@H]2CC[C@H]3[C@]4(COC(=O)[C@@]3(C2)[C@@H]1OC(C)=O)C(=O)C=CC(C)(C)[C@H]4C=O. The number of carbonyl (C=O) groups is 4. The number of rotatable bonds is 2. The highest BCUT2D eigenvalue weighted by Crippen LogP contribution is 2.67. The number of hydrogen-bond acceptors (Lipinski definition) is 6. The van der Waals surface area contributed by atoms with Crippen LogP contribution < -0.4 is 0 Å². The monoisotopic (exact) mass is 386 g/mol. The predicted molar refractivity (Wildman–Crippen MR) is 98.8 cm³/mol. The average Bonchev–Trinajstić information content (AvgIpc) is 2.83. The van der Waals surface area contributed by atoms with Gasteiger partial charge in [-0.2, -0.15) is 0 Å². The molecule has 6 heteroatoms. The molecule has 0 unspecified atom stereocenters. The van der Waals surface area contributed by atoms with Gasteiger partial charge in [0.1, 0.15) is 24.4 Å². The molecule has 1 heterocycles. The van der Waals surface area contributed by atoms with Crippen LogP contribution in [0.1, 0.15) is 40.0 Å². The molecular formula is C22H26O6. The zero-order valence-corrected chi connectivity index (χ0v) is 16.5. The number of ether oxygens (including phenoxy) is 2. The summed E-state index contributed by atoms with van der Waals surface area (Å²) in [7, 11) is 0.